The van der Waals surface area contributed by atoms with Crippen LogP contribution >= 0.6 is 23.4 Å². The smallest absolute Gasteiger partial charge is 0.251 e. The first kappa shape index (κ1) is 25.9. The number of Topliss-reactive ketones (excluding diaryl/α,β-unsaturated/α-hetero) is 1. The number of fused-ring (bicyclic) bond motifs is 1. The van der Waals surface area contributed by atoms with Crippen LogP contribution < -0.4 is 5.32 Å². The number of aromatic nitrogens is 4. The summed E-state index contributed by atoms with van der Waals surface area (Å²) in [5.41, 5.74) is 3.05. The number of hydrogen-bond donors (Lipinski definition) is 2. The summed E-state index contributed by atoms with van der Waals surface area (Å²) in [7, 11) is 1.96. The van der Waals surface area contributed by atoms with E-state index in [1.165, 1.54) is 11.8 Å². The number of benzene rings is 2. The fourth-order valence-electron chi connectivity index (χ4n) is 4.22. The van der Waals surface area contributed by atoms with Crippen LogP contribution in [0.25, 0.3) is 10.9 Å². The summed E-state index contributed by atoms with van der Waals surface area (Å²) in [6.45, 7) is 5.88. The lowest BCUT2D eigenvalue weighted by atomic mass is 10.1. The molecule has 0 saturated carbocycles. The molecule has 0 aliphatic rings. The van der Waals surface area contributed by atoms with Gasteiger partial charge in [-0.15, -0.1) is 10.2 Å². The predicted molar refractivity (Wildman–Crippen MR) is 142 cm³/mol. The van der Waals surface area contributed by atoms with E-state index in [4.69, 9.17) is 11.6 Å². The van der Waals surface area contributed by atoms with Gasteiger partial charge in [0, 0.05) is 46.3 Å². The molecule has 0 aliphatic heterocycles. The van der Waals surface area contributed by atoms with Gasteiger partial charge in [0.2, 0.25) is 0 Å². The van der Waals surface area contributed by atoms with Crippen molar-refractivity contribution in [2.45, 2.75) is 43.8 Å². The monoisotopic (exact) mass is 525 g/mol. The van der Waals surface area contributed by atoms with Gasteiger partial charge in [-0.3, -0.25) is 9.59 Å². The molecule has 2 heterocycles. The molecule has 0 bridgehead atoms. The number of halogens is 1. The van der Waals surface area contributed by atoms with E-state index in [9.17, 15) is 14.7 Å². The summed E-state index contributed by atoms with van der Waals surface area (Å²) in [4.78, 5) is 26.2. The van der Waals surface area contributed by atoms with Crippen molar-refractivity contribution in [1.29, 1.82) is 0 Å². The van der Waals surface area contributed by atoms with Crippen LogP contribution in [0, 0.1) is 6.92 Å². The van der Waals surface area contributed by atoms with Crippen LogP contribution in [0.1, 0.15) is 52.1 Å². The van der Waals surface area contributed by atoms with Gasteiger partial charge in [-0.2, -0.15) is 0 Å². The zero-order valence-electron chi connectivity index (χ0n) is 20.5. The number of aliphatic hydroxyl groups excluding tert-OH is 1. The van der Waals surface area contributed by atoms with Gasteiger partial charge in [-0.1, -0.05) is 41.6 Å². The van der Waals surface area contributed by atoms with Gasteiger partial charge < -0.3 is 19.6 Å². The molecule has 8 nitrogen and oxygen atoms in total. The maximum atomic E-state index is 13.5. The summed E-state index contributed by atoms with van der Waals surface area (Å²) < 4.78 is 3.84. The van der Waals surface area contributed by atoms with Crippen molar-refractivity contribution in [3.63, 3.8) is 0 Å². The van der Waals surface area contributed by atoms with Gasteiger partial charge in [0.05, 0.1) is 11.9 Å². The van der Waals surface area contributed by atoms with E-state index in [0.717, 1.165) is 16.6 Å². The number of nitrogens with one attached hydrogen (secondary N) is 1. The maximum Gasteiger partial charge on any atom is 0.251 e. The third kappa shape index (κ3) is 4.91. The number of nitrogens with zero attached hydrogens (tertiary/aromatic N) is 4. The Morgan fingerprint density at radius 2 is 1.83 bits per heavy atom. The van der Waals surface area contributed by atoms with Gasteiger partial charge in [-0.05, 0) is 51.1 Å². The molecule has 2 aromatic heterocycles. The fraction of sp³-hybridized carbons (Fsp3) is 0.308. The highest BCUT2D eigenvalue weighted by Crippen LogP contribution is 2.31. The average molecular weight is 526 g/mol. The SMILES string of the molecule is CCn1c(SC(C)C(=O)c2c(C)n(C)c3ccccc23)nnc1C(CO)NC(=O)c1ccc(Cl)cc1. The second-order valence-electron chi connectivity index (χ2n) is 8.46. The molecule has 4 rings (SSSR count). The standard InChI is InChI=1S/C26H28ClN5O3S/c1-5-32-24(20(14-33)28-25(35)17-10-12-18(27)13-11-17)29-30-26(32)36-16(3)23(34)22-15(2)31(4)21-9-7-6-8-19(21)22/h6-13,16,20,33H,5,14H2,1-4H3,(H,28,35). The Morgan fingerprint density at radius 1 is 1.14 bits per heavy atom. The number of ketones is 1. The molecule has 10 heteroatoms. The molecule has 0 radical (unpaired) electrons. The third-order valence-electron chi connectivity index (χ3n) is 6.27. The lowest BCUT2D eigenvalue weighted by Crippen LogP contribution is -2.33. The Hall–Kier alpha value is -3.14. The van der Waals surface area contributed by atoms with Crippen LogP contribution in [0.3, 0.4) is 0 Å². The van der Waals surface area contributed by atoms with Gasteiger partial charge in [-0.25, -0.2) is 0 Å². The van der Waals surface area contributed by atoms with Gasteiger partial charge in [0.1, 0.15) is 6.04 Å². The lowest BCUT2D eigenvalue weighted by Gasteiger charge is -2.18. The summed E-state index contributed by atoms with van der Waals surface area (Å²) in [6, 6.07) is 13.6. The zero-order chi connectivity index (χ0) is 26.0. The Morgan fingerprint density at radius 3 is 2.50 bits per heavy atom. The Labute approximate surface area is 218 Å². The first-order chi connectivity index (χ1) is 17.3. The average Bonchev–Trinajstić information content (AvgIpc) is 3.40. The van der Waals surface area contributed by atoms with Gasteiger partial charge >= 0.3 is 0 Å². The van der Waals surface area contributed by atoms with E-state index in [1.807, 2.05) is 61.2 Å². The summed E-state index contributed by atoms with van der Waals surface area (Å²) in [6.07, 6.45) is 0. The van der Waals surface area contributed by atoms with Crippen LogP contribution in [-0.2, 0) is 13.6 Å². The second kappa shape index (κ2) is 10.9. The quantitative estimate of drug-likeness (QED) is 0.245. The first-order valence-electron chi connectivity index (χ1n) is 11.6. The molecule has 2 atom stereocenters. The molecular formula is C26H28ClN5O3S. The van der Waals surface area contributed by atoms with E-state index in [-0.39, 0.29) is 18.3 Å². The van der Waals surface area contributed by atoms with E-state index in [2.05, 4.69) is 15.5 Å². The topological polar surface area (TPSA) is 102 Å². The molecule has 0 saturated heterocycles. The Kier molecular flexibility index (Phi) is 7.82. The van der Waals surface area contributed by atoms with Crippen molar-refractivity contribution in [3.05, 3.63) is 76.2 Å². The fourth-order valence-corrected chi connectivity index (χ4v) is 5.33. The number of para-hydroxylation sites is 1. The van der Waals surface area contributed by atoms with Crippen LogP contribution in [-0.4, -0.2) is 48.0 Å². The number of aliphatic hydroxyl groups is 1. The van der Waals surface area contributed by atoms with Crippen LogP contribution in [0.5, 0.6) is 0 Å². The van der Waals surface area contributed by atoms with Crippen LogP contribution in [0.15, 0.2) is 53.7 Å². The van der Waals surface area contributed by atoms with Gasteiger partial charge in [0.15, 0.2) is 16.8 Å². The molecule has 1 amide bonds. The normalized spacial score (nSPS) is 13.1. The lowest BCUT2D eigenvalue weighted by molar-refractivity contribution is 0.0911. The molecule has 188 valence electrons. The molecular weight excluding hydrogens is 498 g/mol. The van der Waals surface area contributed by atoms with Crippen molar-refractivity contribution >= 4 is 46.0 Å². The molecule has 0 spiro atoms. The van der Waals surface area contributed by atoms with Crippen molar-refractivity contribution in [2.24, 2.45) is 7.05 Å². The van der Waals surface area contributed by atoms with Crippen LogP contribution in [0.4, 0.5) is 0 Å². The van der Waals surface area contributed by atoms with Crippen molar-refractivity contribution in [2.75, 3.05) is 6.61 Å². The number of carbonyl (C=O) groups excluding carboxylic acids is 2. The number of carbonyl (C=O) groups is 2. The van der Waals surface area contributed by atoms with Crippen molar-refractivity contribution in [3.8, 4) is 0 Å². The number of aryl methyl sites for hydroxylation is 1. The number of hydrogen-bond acceptors (Lipinski definition) is 6. The zero-order valence-corrected chi connectivity index (χ0v) is 22.1. The van der Waals surface area contributed by atoms with E-state index in [1.54, 1.807) is 24.3 Å². The summed E-state index contributed by atoms with van der Waals surface area (Å²) in [5.74, 6) is 0.0719. The van der Waals surface area contributed by atoms with E-state index in [0.29, 0.717) is 33.7 Å². The van der Waals surface area contributed by atoms with Crippen molar-refractivity contribution in [1.82, 2.24) is 24.6 Å². The van der Waals surface area contributed by atoms with E-state index < -0.39 is 11.3 Å². The van der Waals surface area contributed by atoms with Gasteiger partial charge in [0.25, 0.3) is 5.91 Å². The highest BCUT2D eigenvalue weighted by atomic mass is 35.5. The number of amides is 1. The molecule has 4 aromatic rings. The molecule has 0 fully saturated rings. The first-order valence-corrected chi connectivity index (χ1v) is 12.9. The minimum atomic E-state index is -0.763. The summed E-state index contributed by atoms with van der Waals surface area (Å²) >= 11 is 7.22. The maximum absolute atomic E-state index is 13.5. The Balaban J connectivity index is 1.56. The molecule has 2 unspecified atom stereocenters. The second-order valence-corrected chi connectivity index (χ2v) is 10.2. The predicted octanol–water partition coefficient (Wildman–Crippen LogP) is 4.58. The van der Waals surface area contributed by atoms with Crippen molar-refractivity contribution < 1.29 is 14.7 Å². The highest BCUT2D eigenvalue weighted by Gasteiger charge is 2.28. The van der Waals surface area contributed by atoms with E-state index >= 15 is 0 Å². The minimum absolute atomic E-state index is 0.0104. The third-order valence-corrected chi connectivity index (χ3v) is 7.60. The highest BCUT2D eigenvalue weighted by molar-refractivity contribution is 8.00. The largest absolute Gasteiger partial charge is 0.394 e. The molecule has 2 N–H and O–H groups in total. The summed E-state index contributed by atoms with van der Waals surface area (Å²) in [5, 5.41) is 23.0. The Bertz CT molecular complexity index is 1410. The minimum Gasteiger partial charge on any atom is -0.394 e. The molecule has 2 aromatic carbocycles. The number of rotatable bonds is 9. The van der Waals surface area contributed by atoms with Crippen LogP contribution in [0.2, 0.25) is 5.02 Å². The number of thioether (sulfide) groups is 1. The molecule has 0 aliphatic carbocycles. The molecule has 36 heavy (non-hydrogen) atoms.